The predicted molar refractivity (Wildman–Crippen MR) is 93.4 cm³/mol. The van der Waals surface area contributed by atoms with E-state index in [1.807, 2.05) is 6.92 Å². The monoisotopic (exact) mass is 364 g/mol. The Labute approximate surface area is 149 Å². The summed E-state index contributed by atoms with van der Waals surface area (Å²) >= 11 is 6.10. The lowest BCUT2D eigenvalue weighted by Gasteiger charge is -2.36. The highest BCUT2D eigenvalue weighted by Crippen LogP contribution is 2.26. The van der Waals surface area contributed by atoms with E-state index in [0.717, 1.165) is 11.1 Å². The largest absolute Gasteiger partial charge is 0.358 e. The van der Waals surface area contributed by atoms with Gasteiger partial charge in [-0.2, -0.15) is 5.10 Å². The Bertz CT molecular complexity index is 883. The number of halogens is 2. The van der Waals surface area contributed by atoms with Crippen molar-refractivity contribution in [3.63, 3.8) is 0 Å². The van der Waals surface area contributed by atoms with Crippen LogP contribution in [-0.2, 0) is 11.3 Å². The van der Waals surface area contributed by atoms with Gasteiger partial charge in [0.25, 0.3) is 5.56 Å². The molecule has 1 amide bonds. The Kier molecular flexibility index (Phi) is 4.76. The van der Waals surface area contributed by atoms with Crippen LogP contribution in [0.5, 0.6) is 0 Å². The second kappa shape index (κ2) is 6.84. The van der Waals surface area contributed by atoms with E-state index in [-0.39, 0.29) is 23.3 Å². The smallest absolute Gasteiger partial charge is 0.285 e. The molecule has 0 spiro atoms. The van der Waals surface area contributed by atoms with Gasteiger partial charge in [-0.1, -0.05) is 17.7 Å². The molecule has 0 aliphatic carbocycles. The molecule has 1 fully saturated rings. The second-order valence-corrected chi connectivity index (χ2v) is 6.49. The molecule has 1 aromatic heterocycles. The third-order valence-corrected chi connectivity index (χ3v) is 4.73. The van der Waals surface area contributed by atoms with Crippen LogP contribution in [0.25, 0.3) is 0 Å². The summed E-state index contributed by atoms with van der Waals surface area (Å²) in [5.41, 5.74) is 2.32. The molecule has 1 aliphatic rings. The molecule has 0 bridgehead atoms. The maximum Gasteiger partial charge on any atom is 0.285 e. The van der Waals surface area contributed by atoms with Crippen molar-refractivity contribution in [3.05, 3.63) is 56.2 Å². The molecule has 3 rings (SSSR count). The molecule has 2 aromatic rings. The SMILES string of the molecule is Cc1cc(F)ccc1CN1CCN(c2c(C)n[nH]c(=O)c2Cl)CC1=O. The number of aromatic nitrogens is 2. The van der Waals surface area contributed by atoms with E-state index in [4.69, 9.17) is 11.6 Å². The van der Waals surface area contributed by atoms with Crippen LogP contribution in [-0.4, -0.2) is 40.6 Å². The molecular formula is C17H18ClFN4O2. The van der Waals surface area contributed by atoms with Gasteiger partial charge in [-0.25, -0.2) is 9.49 Å². The third-order valence-electron chi connectivity index (χ3n) is 4.38. The van der Waals surface area contributed by atoms with Crippen molar-refractivity contribution in [2.75, 3.05) is 24.5 Å². The standard InChI is InChI=1S/C17H18ClFN4O2/c1-10-7-13(19)4-3-12(10)8-22-5-6-23(9-14(22)24)16-11(2)20-21-17(25)15(16)18/h3-4,7H,5-6,8-9H2,1-2H3,(H,21,25). The van der Waals surface area contributed by atoms with Crippen LogP contribution in [0.3, 0.4) is 0 Å². The van der Waals surface area contributed by atoms with Crippen LogP contribution in [0, 0.1) is 19.7 Å². The van der Waals surface area contributed by atoms with E-state index in [0.29, 0.717) is 31.0 Å². The van der Waals surface area contributed by atoms with Crippen molar-refractivity contribution in [2.24, 2.45) is 0 Å². The van der Waals surface area contributed by atoms with Crippen LogP contribution < -0.4 is 10.5 Å². The van der Waals surface area contributed by atoms with Gasteiger partial charge < -0.3 is 9.80 Å². The van der Waals surface area contributed by atoms with Crippen LogP contribution in [0.4, 0.5) is 10.1 Å². The van der Waals surface area contributed by atoms with E-state index in [9.17, 15) is 14.0 Å². The maximum atomic E-state index is 13.2. The first-order valence-corrected chi connectivity index (χ1v) is 8.27. The lowest BCUT2D eigenvalue weighted by molar-refractivity contribution is -0.131. The molecule has 0 atom stereocenters. The van der Waals surface area contributed by atoms with Crippen molar-refractivity contribution in [2.45, 2.75) is 20.4 Å². The van der Waals surface area contributed by atoms with Crippen molar-refractivity contribution in [1.29, 1.82) is 0 Å². The number of nitrogens with zero attached hydrogens (tertiary/aromatic N) is 3. The first kappa shape index (κ1) is 17.4. The predicted octanol–water partition coefficient (Wildman–Crippen LogP) is 2.03. The van der Waals surface area contributed by atoms with E-state index >= 15 is 0 Å². The first-order valence-electron chi connectivity index (χ1n) is 7.89. The molecule has 132 valence electrons. The number of hydrogen-bond donors (Lipinski definition) is 1. The Hall–Kier alpha value is -2.41. The Morgan fingerprint density at radius 3 is 2.72 bits per heavy atom. The summed E-state index contributed by atoms with van der Waals surface area (Å²) in [6.45, 7) is 5.13. The molecule has 0 unspecified atom stereocenters. The van der Waals surface area contributed by atoms with Gasteiger partial charge in [-0.15, -0.1) is 0 Å². The number of nitrogens with one attached hydrogen (secondary N) is 1. The zero-order chi connectivity index (χ0) is 18.1. The van der Waals surface area contributed by atoms with Crippen molar-refractivity contribution in [3.8, 4) is 0 Å². The summed E-state index contributed by atoms with van der Waals surface area (Å²) in [6.07, 6.45) is 0. The van der Waals surface area contributed by atoms with Gasteiger partial charge in [0, 0.05) is 19.6 Å². The molecule has 1 aromatic carbocycles. The number of carbonyl (C=O) groups excluding carboxylic acids is 1. The topological polar surface area (TPSA) is 69.3 Å². The molecule has 0 radical (unpaired) electrons. The number of benzene rings is 1. The Morgan fingerprint density at radius 1 is 1.28 bits per heavy atom. The Balaban J connectivity index is 1.76. The minimum Gasteiger partial charge on any atom is -0.358 e. The molecule has 0 saturated carbocycles. The normalized spacial score (nSPS) is 15.0. The lowest BCUT2D eigenvalue weighted by Crippen LogP contribution is -2.50. The number of carbonyl (C=O) groups is 1. The van der Waals surface area contributed by atoms with Gasteiger partial charge in [0.1, 0.15) is 10.8 Å². The van der Waals surface area contributed by atoms with Crippen LogP contribution >= 0.6 is 11.6 Å². The summed E-state index contributed by atoms with van der Waals surface area (Å²) < 4.78 is 13.2. The van der Waals surface area contributed by atoms with Crippen molar-refractivity contribution >= 4 is 23.2 Å². The summed E-state index contributed by atoms with van der Waals surface area (Å²) in [6, 6.07) is 4.56. The molecule has 1 saturated heterocycles. The molecule has 1 aliphatic heterocycles. The van der Waals surface area contributed by atoms with Gasteiger partial charge in [-0.05, 0) is 37.1 Å². The highest BCUT2D eigenvalue weighted by Gasteiger charge is 2.27. The summed E-state index contributed by atoms with van der Waals surface area (Å²) in [4.78, 5) is 27.7. The number of anilines is 1. The second-order valence-electron chi connectivity index (χ2n) is 6.11. The number of aryl methyl sites for hydroxylation is 2. The van der Waals surface area contributed by atoms with Crippen LogP contribution in [0.1, 0.15) is 16.8 Å². The minimum absolute atomic E-state index is 0.0446. The average molecular weight is 365 g/mol. The van der Waals surface area contributed by atoms with E-state index in [2.05, 4.69) is 10.2 Å². The van der Waals surface area contributed by atoms with E-state index in [1.54, 1.807) is 22.8 Å². The first-order chi connectivity index (χ1) is 11.9. The van der Waals surface area contributed by atoms with Gasteiger partial charge in [0.15, 0.2) is 0 Å². The fraction of sp³-hybridized carbons (Fsp3) is 0.353. The molecular weight excluding hydrogens is 347 g/mol. The van der Waals surface area contributed by atoms with Gasteiger partial charge >= 0.3 is 0 Å². The molecule has 2 heterocycles. The number of H-pyrrole nitrogens is 1. The minimum atomic E-state index is -0.473. The van der Waals surface area contributed by atoms with Gasteiger partial charge in [0.2, 0.25) is 5.91 Å². The zero-order valence-electron chi connectivity index (χ0n) is 14.0. The van der Waals surface area contributed by atoms with Crippen molar-refractivity contribution in [1.82, 2.24) is 15.1 Å². The molecule has 1 N–H and O–H groups in total. The number of hydrogen-bond acceptors (Lipinski definition) is 4. The lowest BCUT2D eigenvalue weighted by atomic mass is 10.1. The summed E-state index contributed by atoms with van der Waals surface area (Å²) in [5.74, 6) is -0.366. The highest BCUT2D eigenvalue weighted by molar-refractivity contribution is 6.33. The average Bonchev–Trinajstić information content (AvgIpc) is 2.56. The van der Waals surface area contributed by atoms with Gasteiger partial charge in [-0.3, -0.25) is 9.59 Å². The quantitative estimate of drug-likeness (QED) is 0.904. The van der Waals surface area contributed by atoms with E-state index in [1.165, 1.54) is 12.1 Å². The van der Waals surface area contributed by atoms with Crippen LogP contribution in [0.15, 0.2) is 23.0 Å². The zero-order valence-corrected chi connectivity index (χ0v) is 14.7. The molecule has 25 heavy (non-hydrogen) atoms. The Morgan fingerprint density at radius 2 is 2.04 bits per heavy atom. The highest BCUT2D eigenvalue weighted by atomic mass is 35.5. The molecule has 8 heteroatoms. The van der Waals surface area contributed by atoms with Crippen LogP contribution in [0.2, 0.25) is 5.02 Å². The van der Waals surface area contributed by atoms with Crippen molar-refractivity contribution < 1.29 is 9.18 Å². The number of aromatic amines is 1. The fourth-order valence-corrected chi connectivity index (χ4v) is 3.28. The number of amides is 1. The third kappa shape index (κ3) is 3.51. The number of rotatable bonds is 3. The number of piperazine rings is 1. The maximum absolute atomic E-state index is 13.2. The van der Waals surface area contributed by atoms with E-state index < -0.39 is 5.56 Å². The molecule has 6 nitrogen and oxygen atoms in total. The van der Waals surface area contributed by atoms with Gasteiger partial charge in [0.05, 0.1) is 17.9 Å². The summed E-state index contributed by atoms with van der Waals surface area (Å²) in [5, 5.41) is 6.29. The fourth-order valence-electron chi connectivity index (χ4n) is 2.98. The summed E-state index contributed by atoms with van der Waals surface area (Å²) in [7, 11) is 0.